The molecule has 0 bridgehead atoms. The van der Waals surface area contributed by atoms with E-state index < -0.39 is 0 Å². The summed E-state index contributed by atoms with van der Waals surface area (Å²) >= 11 is 0. The maximum Gasteiger partial charge on any atom is 0.230 e. The van der Waals surface area contributed by atoms with Gasteiger partial charge in [-0.3, -0.25) is 9.59 Å². The Morgan fingerprint density at radius 3 is 2.52 bits per heavy atom. The molecule has 1 aliphatic carbocycles. The van der Waals surface area contributed by atoms with Gasteiger partial charge in [0.15, 0.2) is 0 Å². The highest BCUT2D eigenvalue weighted by Crippen LogP contribution is 2.42. The zero-order chi connectivity index (χ0) is 18.0. The van der Waals surface area contributed by atoms with E-state index in [1.165, 1.54) is 0 Å². The maximum atomic E-state index is 12.6. The lowest BCUT2D eigenvalue weighted by molar-refractivity contribution is -0.123. The third kappa shape index (κ3) is 3.65. The van der Waals surface area contributed by atoms with E-state index in [9.17, 15) is 9.59 Å². The van der Waals surface area contributed by atoms with Gasteiger partial charge in [-0.25, -0.2) is 0 Å². The van der Waals surface area contributed by atoms with Gasteiger partial charge in [0.1, 0.15) is 5.75 Å². The Bertz CT molecular complexity index is 789. The van der Waals surface area contributed by atoms with Crippen molar-refractivity contribution in [2.24, 2.45) is 11.8 Å². The van der Waals surface area contributed by atoms with Gasteiger partial charge in [0.25, 0.3) is 0 Å². The summed E-state index contributed by atoms with van der Waals surface area (Å²) in [5, 5.41) is 2.89. The number of para-hydroxylation sites is 1. The van der Waals surface area contributed by atoms with Gasteiger partial charge < -0.3 is 15.0 Å². The monoisotopic (exact) mass is 338 g/mol. The third-order valence-electron chi connectivity index (χ3n) is 4.53. The first-order valence-corrected chi connectivity index (χ1v) is 8.29. The molecule has 5 heteroatoms. The highest BCUT2D eigenvalue weighted by atomic mass is 16.5. The predicted molar refractivity (Wildman–Crippen MR) is 97.8 cm³/mol. The van der Waals surface area contributed by atoms with Gasteiger partial charge in [0, 0.05) is 12.7 Å². The quantitative estimate of drug-likeness (QED) is 0.910. The smallest absolute Gasteiger partial charge is 0.230 e. The lowest BCUT2D eigenvalue weighted by Gasteiger charge is -2.17. The normalized spacial score (nSPS) is 18.4. The number of hydrogen-bond donors (Lipinski definition) is 1. The summed E-state index contributed by atoms with van der Waals surface area (Å²) in [6.07, 6.45) is 0.579. The number of carbonyl (C=O) groups is 2. The third-order valence-corrected chi connectivity index (χ3v) is 4.53. The number of ether oxygens (including phenoxy) is 1. The molecular formula is C20H22N2O3. The summed E-state index contributed by atoms with van der Waals surface area (Å²) < 4.78 is 5.28. The fraction of sp³-hybridized carbons (Fsp3) is 0.300. The van der Waals surface area contributed by atoms with Gasteiger partial charge in [-0.15, -0.1) is 0 Å². The van der Waals surface area contributed by atoms with Crippen LogP contribution < -0.4 is 15.0 Å². The Morgan fingerprint density at radius 2 is 1.84 bits per heavy atom. The average Bonchev–Trinajstić information content (AvgIpc) is 3.42. The number of hydrogen-bond acceptors (Lipinski definition) is 3. The van der Waals surface area contributed by atoms with Crippen LogP contribution in [0.4, 0.5) is 11.4 Å². The van der Waals surface area contributed by atoms with Crippen LogP contribution in [0.15, 0.2) is 48.5 Å². The molecule has 2 aromatic rings. The average molecular weight is 338 g/mol. The van der Waals surface area contributed by atoms with Crippen molar-refractivity contribution in [1.82, 2.24) is 0 Å². The molecule has 0 radical (unpaired) electrons. The van der Waals surface area contributed by atoms with Gasteiger partial charge in [-0.05, 0) is 43.2 Å². The van der Waals surface area contributed by atoms with Gasteiger partial charge in [0.2, 0.25) is 11.8 Å². The van der Waals surface area contributed by atoms with Crippen LogP contribution in [-0.4, -0.2) is 26.0 Å². The van der Waals surface area contributed by atoms with Crippen LogP contribution >= 0.6 is 0 Å². The number of methoxy groups -OCH3 is 1. The second kappa shape index (κ2) is 6.97. The highest BCUT2D eigenvalue weighted by Gasteiger charge is 2.49. The van der Waals surface area contributed by atoms with Crippen LogP contribution in [0.5, 0.6) is 5.75 Å². The molecule has 0 aromatic heterocycles. The van der Waals surface area contributed by atoms with E-state index >= 15 is 0 Å². The first-order valence-electron chi connectivity index (χ1n) is 8.29. The number of carbonyl (C=O) groups excluding carboxylic acids is 2. The molecular weight excluding hydrogens is 316 g/mol. The van der Waals surface area contributed by atoms with E-state index in [1.807, 2.05) is 55.5 Å². The Hall–Kier alpha value is -2.82. The summed E-state index contributed by atoms with van der Waals surface area (Å²) in [5.74, 6) is -0.0972. The van der Waals surface area contributed by atoms with E-state index in [2.05, 4.69) is 5.32 Å². The van der Waals surface area contributed by atoms with Crippen molar-refractivity contribution in [3.8, 4) is 5.75 Å². The van der Waals surface area contributed by atoms with Crippen LogP contribution in [0, 0.1) is 18.8 Å². The van der Waals surface area contributed by atoms with Crippen molar-refractivity contribution in [3.05, 3.63) is 54.1 Å². The first kappa shape index (κ1) is 17.0. The van der Waals surface area contributed by atoms with Crippen LogP contribution in [0.3, 0.4) is 0 Å². The molecule has 0 heterocycles. The largest absolute Gasteiger partial charge is 0.495 e. The molecule has 1 aliphatic rings. The van der Waals surface area contributed by atoms with Crippen molar-refractivity contribution < 1.29 is 14.3 Å². The molecule has 0 saturated heterocycles. The molecule has 2 atom stereocenters. The molecule has 1 N–H and O–H groups in total. The molecule has 1 saturated carbocycles. The lowest BCUT2D eigenvalue weighted by atomic mass is 10.2. The topological polar surface area (TPSA) is 58.6 Å². The van der Waals surface area contributed by atoms with Crippen LogP contribution in [-0.2, 0) is 9.59 Å². The van der Waals surface area contributed by atoms with Gasteiger partial charge >= 0.3 is 0 Å². The number of amides is 2. The fourth-order valence-corrected chi connectivity index (χ4v) is 2.93. The second-order valence-corrected chi connectivity index (χ2v) is 6.37. The number of aryl methyl sites for hydroxylation is 1. The number of anilines is 2. The number of nitrogens with zero attached hydrogens (tertiary/aromatic N) is 1. The zero-order valence-corrected chi connectivity index (χ0v) is 14.7. The summed E-state index contributed by atoms with van der Waals surface area (Å²) in [6.45, 7) is 1.95. The number of rotatable bonds is 5. The molecule has 25 heavy (non-hydrogen) atoms. The van der Waals surface area contributed by atoms with Crippen LogP contribution in [0.1, 0.15) is 12.0 Å². The highest BCUT2D eigenvalue weighted by molar-refractivity contribution is 6.04. The van der Waals surface area contributed by atoms with E-state index in [-0.39, 0.29) is 23.7 Å². The Kier molecular flexibility index (Phi) is 4.74. The summed E-state index contributed by atoms with van der Waals surface area (Å²) in [4.78, 5) is 26.7. The minimum absolute atomic E-state index is 0.0254. The summed E-state index contributed by atoms with van der Waals surface area (Å²) in [6, 6.07) is 15.1. The van der Waals surface area contributed by atoms with Crippen molar-refractivity contribution in [3.63, 3.8) is 0 Å². The number of nitrogens with one attached hydrogen (secondary N) is 1. The second-order valence-electron chi connectivity index (χ2n) is 6.37. The van der Waals surface area contributed by atoms with Crippen molar-refractivity contribution in [2.75, 3.05) is 24.4 Å². The summed E-state index contributed by atoms with van der Waals surface area (Å²) in [5.41, 5.74) is 2.50. The molecule has 0 aliphatic heterocycles. The van der Waals surface area contributed by atoms with Gasteiger partial charge in [-0.2, -0.15) is 0 Å². The molecule has 2 aromatic carbocycles. The lowest BCUT2D eigenvalue weighted by Crippen LogP contribution is -2.29. The van der Waals surface area contributed by atoms with E-state index in [4.69, 9.17) is 4.74 Å². The minimum Gasteiger partial charge on any atom is -0.495 e. The molecule has 130 valence electrons. The molecule has 0 spiro atoms. The standard InChI is InChI=1S/C20H22N2O3/c1-13-9-10-18(25-3)17(11-13)21-19(23)15-12-16(15)20(24)22(2)14-7-5-4-6-8-14/h4-11,15-16H,12H2,1-3H3,(H,21,23). The molecule has 3 rings (SSSR count). The molecule has 5 nitrogen and oxygen atoms in total. The summed E-state index contributed by atoms with van der Waals surface area (Å²) in [7, 11) is 3.31. The molecule has 2 unspecified atom stereocenters. The molecule has 2 amide bonds. The van der Waals surface area contributed by atoms with Crippen molar-refractivity contribution in [1.29, 1.82) is 0 Å². The van der Waals surface area contributed by atoms with E-state index in [0.29, 0.717) is 17.9 Å². The zero-order valence-electron chi connectivity index (χ0n) is 14.7. The minimum atomic E-state index is -0.288. The van der Waals surface area contributed by atoms with E-state index in [0.717, 1.165) is 11.3 Å². The van der Waals surface area contributed by atoms with E-state index in [1.54, 1.807) is 19.1 Å². The van der Waals surface area contributed by atoms with Crippen molar-refractivity contribution >= 4 is 23.2 Å². The number of benzene rings is 2. The Morgan fingerprint density at radius 1 is 1.12 bits per heavy atom. The van der Waals surface area contributed by atoms with Gasteiger partial charge in [0.05, 0.1) is 24.6 Å². The van der Waals surface area contributed by atoms with Gasteiger partial charge in [-0.1, -0.05) is 24.3 Å². The predicted octanol–water partition coefficient (Wildman–Crippen LogP) is 3.24. The Balaban J connectivity index is 1.64. The van der Waals surface area contributed by atoms with Crippen molar-refractivity contribution in [2.45, 2.75) is 13.3 Å². The molecule has 1 fully saturated rings. The van der Waals surface area contributed by atoms with Crippen LogP contribution in [0.2, 0.25) is 0 Å². The fourth-order valence-electron chi connectivity index (χ4n) is 2.93. The SMILES string of the molecule is COc1ccc(C)cc1NC(=O)C1CC1C(=O)N(C)c1ccccc1. The first-order chi connectivity index (χ1) is 12.0. The maximum absolute atomic E-state index is 12.6. The Labute approximate surface area is 147 Å². The van der Waals surface area contributed by atoms with Crippen LogP contribution in [0.25, 0.3) is 0 Å².